The molecule has 0 spiro atoms. The molecule has 3 unspecified atom stereocenters. The topological polar surface area (TPSA) is 46.2 Å². The van der Waals surface area contributed by atoms with Gasteiger partial charge in [0.15, 0.2) is 0 Å². The maximum absolute atomic E-state index is 11.3. The third kappa shape index (κ3) is 3.51. The molecular formula is C9H18BrNO2S. The number of nitrogens with one attached hydrogen (secondary N) is 1. The molecule has 0 bridgehead atoms. The maximum atomic E-state index is 11.3. The smallest absolute Gasteiger partial charge is 0.212 e. The van der Waals surface area contributed by atoms with Crippen molar-refractivity contribution in [3.05, 3.63) is 0 Å². The van der Waals surface area contributed by atoms with Crippen LogP contribution in [0, 0.1) is 11.8 Å². The minimum atomic E-state index is -3.10. The van der Waals surface area contributed by atoms with E-state index in [1.165, 1.54) is 0 Å². The Kier molecular flexibility index (Phi) is 4.40. The quantitative estimate of drug-likeness (QED) is 0.807. The first kappa shape index (κ1) is 12.5. The number of alkyl halides is 1. The minimum absolute atomic E-state index is 0.00122. The summed E-state index contributed by atoms with van der Waals surface area (Å²) < 4.78 is 25.4. The molecule has 0 aromatic rings. The number of rotatable bonds is 3. The van der Waals surface area contributed by atoms with E-state index < -0.39 is 10.0 Å². The van der Waals surface area contributed by atoms with E-state index in [2.05, 4.69) is 34.5 Å². The molecule has 5 heteroatoms. The molecule has 0 aromatic heterocycles. The van der Waals surface area contributed by atoms with Crippen LogP contribution in [0.5, 0.6) is 0 Å². The van der Waals surface area contributed by atoms with Gasteiger partial charge in [0.2, 0.25) is 10.0 Å². The monoisotopic (exact) mass is 283 g/mol. The highest BCUT2D eigenvalue weighted by Gasteiger charge is 2.28. The fourth-order valence-corrected chi connectivity index (χ4v) is 3.37. The standard InChI is InChI=1S/C9H18BrNO2S/c1-7-3-4-9(8(2)5-7)11-14(12,13)6-10/h7-9,11H,3-6H2,1-2H3. The molecule has 1 aliphatic carbocycles. The van der Waals surface area contributed by atoms with Crippen molar-refractivity contribution in [1.29, 1.82) is 0 Å². The third-order valence-corrected chi connectivity index (χ3v) is 5.66. The molecule has 1 N–H and O–H groups in total. The minimum Gasteiger partial charge on any atom is -0.212 e. The van der Waals surface area contributed by atoms with Gasteiger partial charge in [-0.2, -0.15) is 0 Å². The molecule has 0 aromatic carbocycles. The lowest BCUT2D eigenvalue weighted by molar-refractivity contribution is 0.249. The molecule has 3 nitrogen and oxygen atoms in total. The average Bonchev–Trinajstić information content (AvgIpc) is 2.10. The van der Waals surface area contributed by atoms with Gasteiger partial charge in [0.1, 0.15) is 4.66 Å². The second kappa shape index (κ2) is 4.94. The highest BCUT2D eigenvalue weighted by Crippen LogP contribution is 2.28. The van der Waals surface area contributed by atoms with Crippen molar-refractivity contribution in [2.75, 3.05) is 4.66 Å². The molecule has 84 valence electrons. The highest BCUT2D eigenvalue weighted by molar-refractivity contribution is 9.10. The SMILES string of the molecule is CC1CCC(NS(=O)(=O)CBr)C(C)C1. The van der Waals surface area contributed by atoms with E-state index in [0.717, 1.165) is 25.2 Å². The zero-order chi connectivity index (χ0) is 10.8. The van der Waals surface area contributed by atoms with Crippen LogP contribution >= 0.6 is 15.9 Å². The van der Waals surface area contributed by atoms with Crippen LogP contribution in [0.4, 0.5) is 0 Å². The van der Waals surface area contributed by atoms with Crippen molar-refractivity contribution in [1.82, 2.24) is 4.72 Å². The van der Waals surface area contributed by atoms with Gasteiger partial charge < -0.3 is 0 Å². The first-order valence-electron chi connectivity index (χ1n) is 5.00. The van der Waals surface area contributed by atoms with E-state index >= 15 is 0 Å². The van der Waals surface area contributed by atoms with Gasteiger partial charge in [0.05, 0.1) is 0 Å². The highest BCUT2D eigenvalue weighted by atomic mass is 79.9. The van der Waals surface area contributed by atoms with Crippen LogP contribution in [0.1, 0.15) is 33.1 Å². The number of halogens is 1. The molecule has 1 aliphatic rings. The zero-order valence-corrected chi connectivity index (χ0v) is 11.1. The summed E-state index contributed by atoms with van der Waals surface area (Å²) >= 11 is 2.98. The Morgan fingerprint density at radius 2 is 2.00 bits per heavy atom. The van der Waals surface area contributed by atoms with Crippen LogP contribution in [0.25, 0.3) is 0 Å². The third-order valence-electron chi connectivity index (χ3n) is 2.91. The summed E-state index contributed by atoms with van der Waals surface area (Å²) in [4.78, 5) is 0. The summed E-state index contributed by atoms with van der Waals surface area (Å²) in [5, 5.41) is 0. The molecule has 0 radical (unpaired) electrons. The Morgan fingerprint density at radius 3 is 2.50 bits per heavy atom. The van der Waals surface area contributed by atoms with Gasteiger partial charge in [0.25, 0.3) is 0 Å². The second-order valence-corrected chi connectivity index (χ2v) is 7.40. The predicted octanol–water partition coefficient (Wildman–Crippen LogP) is 2.08. The van der Waals surface area contributed by atoms with E-state index in [0.29, 0.717) is 5.92 Å². The maximum Gasteiger partial charge on any atom is 0.221 e. The Labute approximate surface area is 94.8 Å². The van der Waals surface area contributed by atoms with E-state index in [9.17, 15) is 8.42 Å². The van der Waals surface area contributed by atoms with Crippen LogP contribution < -0.4 is 4.72 Å². The van der Waals surface area contributed by atoms with E-state index in [1.807, 2.05) is 0 Å². The molecule has 1 fully saturated rings. The molecule has 0 amide bonds. The van der Waals surface area contributed by atoms with Gasteiger partial charge in [-0.25, -0.2) is 13.1 Å². The van der Waals surface area contributed by atoms with E-state index in [-0.39, 0.29) is 10.7 Å². The van der Waals surface area contributed by atoms with E-state index in [4.69, 9.17) is 0 Å². The zero-order valence-electron chi connectivity index (χ0n) is 8.66. The van der Waals surface area contributed by atoms with Crippen molar-refractivity contribution in [3.8, 4) is 0 Å². The lowest BCUT2D eigenvalue weighted by Gasteiger charge is -2.32. The number of sulfonamides is 1. The Balaban J connectivity index is 2.54. The largest absolute Gasteiger partial charge is 0.221 e. The van der Waals surface area contributed by atoms with Crippen molar-refractivity contribution in [2.24, 2.45) is 11.8 Å². The fourth-order valence-electron chi connectivity index (χ4n) is 2.10. The summed E-state index contributed by atoms with van der Waals surface area (Å²) in [5.74, 6) is 1.18. The van der Waals surface area contributed by atoms with Gasteiger partial charge in [-0.15, -0.1) is 0 Å². The molecule has 0 aliphatic heterocycles. The second-order valence-electron chi connectivity index (χ2n) is 4.34. The van der Waals surface area contributed by atoms with Gasteiger partial charge in [-0.05, 0) is 31.1 Å². The predicted molar refractivity (Wildman–Crippen MR) is 61.8 cm³/mol. The van der Waals surface area contributed by atoms with Crippen LogP contribution in [-0.4, -0.2) is 19.1 Å². The van der Waals surface area contributed by atoms with Crippen LogP contribution in [0.2, 0.25) is 0 Å². The van der Waals surface area contributed by atoms with Crippen molar-refractivity contribution in [2.45, 2.75) is 39.2 Å². The Hall–Kier alpha value is 0.390. The summed E-state index contributed by atoms with van der Waals surface area (Å²) in [6.07, 6.45) is 3.21. The van der Waals surface area contributed by atoms with Crippen molar-refractivity contribution in [3.63, 3.8) is 0 Å². The normalized spacial score (nSPS) is 34.4. The lowest BCUT2D eigenvalue weighted by Crippen LogP contribution is -2.42. The Morgan fingerprint density at radius 1 is 1.36 bits per heavy atom. The van der Waals surface area contributed by atoms with E-state index in [1.54, 1.807) is 0 Å². The van der Waals surface area contributed by atoms with Crippen molar-refractivity contribution < 1.29 is 8.42 Å². The average molecular weight is 284 g/mol. The summed E-state index contributed by atoms with van der Waals surface area (Å²) in [6, 6.07) is 0.133. The van der Waals surface area contributed by atoms with Gasteiger partial charge in [-0.1, -0.05) is 29.8 Å². The first-order chi connectivity index (χ1) is 6.44. The number of hydrogen-bond acceptors (Lipinski definition) is 2. The summed E-state index contributed by atoms with van der Waals surface area (Å²) in [5.41, 5.74) is 0. The molecule has 0 saturated heterocycles. The molecule has 0 heterocycles. The summed E-state index contributed by atoms with van der Waals surface area (Å²) in [6.45, 7) is 4.35. The van der Waals surface area contributed by atoms with Gasteiger partial charge >= 0.3 is 0 Å². The van der Waals surface area contributed by atoms with Gasteiger partial charge in [-0.3, -0.25) is 0 Å². The van der Waals surface area contributed by atoms with Crippen molar-refractivity contribution >= 4 is 26.0 Å². The number of hydrogen-bond donors (Lipinski definition) is 1. The fraction of sp³-hybridized carbons (Fsp3) is 1.00. The van der Waals surface area contributed by atoms with Crippen LogP contribution in [0.15, 0.2) is 0 Å². The molecule has 3 atom stereocenters. The van der Waals surface area contributed by atoms with Crippen LogP contribution in [0.3, 0.4) is 0 Å². The lowest BCUT2D eigenvalue weighted by atomic mass is 9.80. The molecule has 1 rings (SSSR count). The Bertz CT molecular complexity index is 279. The molecule has 14 heavy (non-hydrogen) atoms. The van der Waals surface area contributed by atoms with Crippen LogP contribution in [-0.2, 0) is 10.0 Å². The molecule has 1 saturated carbocycles. The first-order valence-corrected chi connectivity index (χ1v) is 7.78. The summed E-state index contributed by atoms with van der Waals surface area (Å²) in [7, 11) is -3.10. The molecular weight excluding hydrogens is 266 g/mol. The van der Waals surface area contributed by atoms with Gasteiger partial charge in [0, 0.05) is 6.04 Å².